The molecule has 0 aromatic heterocycles. The third-order valence-electron chi connectivity index (χ3n) is 3.14. The van der Waals surface area contributed by atoms with Crippen LogP contribution in [0.15, 0.2) is 18.2 Å². The molecule has 0 spiro atoms. The van der Waals surface area contributed by atoms with Gasteiger partial charge in [-0.2, -0.15) is 0 Å². The first kappa shape index (κ1) is 19.9. The number of ether oxygens (including phenoxy) is 4. The fraction of sp³-hybridized carbons (Fsp3) is 0.526. The summed E-state index contributed by atoms with van der Waals surface area (Å²) in [7, 11) is 0. The zero-order valence-electron chi connectivity index (χ0n) is 15.3. The molecule has 0 unspecified atom stereocenters. The Balaban J connectivity index is 3.52. The van der Waals surface area contributed by atoms with Gasteiger partial charge in [-0.3, -0.25) is 0 Å². The zero-order valence-corrected chi connectivity index (χ0v) is 15.3. The molecule has 134 valence electrons. The van der Waals surface area contributed by atoms with Crippen LogP contribution in [0.4, 0.5) is 0 Å². The lowest BCUT2D eigenvalue weighted by atomic mass is 10.1. The van der Waals surface area contributed by atoms with Crippen LogP contribution in [0.3, 0.4) is 0 Å². The molecule has 0 radical (unpaired) electrons. The van der Waals surface area contributed by atoms with Gasteiger partial charge in [0.2, 0.25) is 11.5 Å². The normalized spacial score (nSPS) is 10.7. The van der Waals surface area contributed by atoms with E-state index in [2.05, 4.69) is 6.92 Å². The minimum absolute atomic E-state index is 0.269. The van der Waals surface area contributed by atoms with E-state index in [1.807, 2.05) is 26.8 Å². The number of allylic oxidation sites excluding steroid dienone is 1. The van der Waals surface area contributed by atoms with Crippen molar-refractivity contribution >= 4 is 5.97 Å². The first-order valence-corrected chi connectivity index (χ1v) is 8.55. The maximum Gasteiger partial charge on any atom is 0.336 e. The van der Waals surface area contributed by atoms with Crippen molar-refractivity contribution in [3.05, 3.63) is 23.8 Å². The Morgan fingerprint density at radius 1 is 0.958 bits per heavy atom. The van der Waals surface area contributed by atoms with Crippen LogP contribution >= 0.6 is 0 Å². The summed E-state index contributed by atoms with van der Waals surface area (Å²) in [5.41, 5.74) is 0.983. The highest BCUT2D eigenvalue weighted by molar-refractivity contribution is 5.85. The van der Waals surface area contributed by atoms with Gasteiger partial charge in [0.1, 0.15) is 0 Å². The molecule has 24 heavy (non-hydrogen) atoms. The van der Waals surface area contributed by atoms with Gasteiger partial charge >= 0.3 is 5.97 Å². The lowest BCUT2D eigenvalue weighted by Gasteiger charge is -2.20. The van der Waals surface area contributed by atoms with E-state index in [1.165, 1.54) is 6.08 Å². The average Bonchev–Trinajstić information content (AvgIpc) is 2.54. The van der Waals surface area contributed by atoms with Gasteiger partial charge in [0.15, 0.2) is 11.5 Å². The minimum atomic E-state index is -0.481. The van der Waals surface area contributed by atoms with Crippen molar-refractivity contribution in [2.45, 2.75) is 47.5 Å². The third-order valence-corrected chi connectivity index (χ3v) is 3.14. The molecular weight excluding hydrogens is 308 g/mol. The quantitative estimate of drug-likeness (QED) is 0.362. The number of aryl methyl sites for hydroxylation is 1. The van der Waals surface area contributed by atoms with E-state index in [4.69, 9.17) is 18.9 Å². The van der Waals surface area contributed by atoms with Crippen LogP contribution in [0.25, 0.3) is 0 Å². The fourth-order valence-electron chi connectivity index (χ4n) is 2.31. The summed E-state index contributed by atoms with van der Waals surface area (Å²) < 4.78 is 22.7. The lowest BCUT2D eigenvalue weighted by molar-refractivity contribution is -0.129. The summed E-state index contributed by atoms with van der Waals surface area (Å²) >= 11 is 0. The highest BCUT2D eigenvalue weighted by Gasteiger charge is 2.24. The molecule has 0 bridgehead atoms. The zero-order chi connectivity index (χ0) is 17.9. The second-order valence-corrected chi connectivity index (χ2v) is 4.99. The second-order valence-electron chi connectivity index (χ2n) is 4.99. The summed E-state index contributed by atoms with van der Waals surface area (Å²) in [6.07, 6.45) is 4.75. The Bertz CT molecular complexity index is 563. The average molecular weight is 336 g/mol. The fourth-order valence-corrected chi connectivity index (χ4v) is 2.31. The van der Waals surface area contributed by atoms with E-state index in [0.29, 0.717) is 37.1 Å². The van der Waals surface area contributed by atoms with Crippen molar-refractivity contribution in [1.29, 1.82) is 0 Å². The third kappa shape index (κ3) is 5.18. The number of carbonyl (C=O) groups is 1. The van der Waals surface area contributed by atoms with Gasteiger partial charge in [-0.1, -0.05) is 19.4 Å². The smallest absolute Gasteiger partial charge is 0.336 e. The molecule has 1 rings (SSSR count). The molecule has 0 aliphatic carbocycles. The highest BCUT2D eigenvalue weighted by atomic mass is 16.6. The standard InChI is InChI=1S/C19H28O5/c1-6-11-14-13-15(21-8-3)18(24-16(20)12-7-2)19(23-10-5)17(14)22-9-4/h7,12-13H,6,8-11H2,1-5H3. The second kappa shape index (κ2) is 10.6. The molecule has 0 amide bonds. The van der Waals surface area contributed by atoms with Gasteiger partial charge in [-0.25, -0.2) is 4.79 Å². The number of rotatable bonds is 10. The van der Waals surface area contributed by atoms with Crippen LogP contribution in [0.1, 0.15) is 46.6 Å². The Hall–Kier alpha value is -2.17. The van der Waals surface area contributed by atoms with Crippen molar-refractivity contribution in [1.82, 2.24) is 0 Å². The van der Waals surface area contributed by atoms with Crippen LogP contribution in [0.2, 0.25) is 0 Å². The summed E-state index contributed by atoms with van der Waals surface area (Å²) in [4.78, 5) is 11.9. The molecule has 0 fully saturated rings. The molecule has 5 heteroatoms. The summed E-state index contributed by atoms with van der Waals surface area (Å²) in [6.45, 7) is 10.9. The summed E-state index contributed by atoms with van der Waals surface area (Å²) in [5.74, 6) is 1.32. The Labute approximate surface area is 144 Å². The monoisotopic (exact) mass is 336 g/mol. The Morgan fingerprint density at radius 2 is 1.58 bits per heavy atom. The Kier molecular flexibility index (Phi) is 8.76. The molecule has 0 heterocycles. The molecule has 1 aromatic rings. The SMILES string of the molecule is CC=CC(=O)Oc1c(OCC)cc(CCC)c(OCC)c1OCC. The predicted octanol–water partition coefficient (Wildman–Crippen LogP) is 4.32. The topological polar surface area (TPSA) is 54.0 Å². The van der Waals surface area contributed by atoms with Crippen LogP contribution < -0.4 is 18.9 Å². The molecule has 0 saturated carbocycles. The van der Waals surface area contributed by atoms with Crippen molar-refractivity contribution < 1.29 is 23.7 Å². The van der Waals surface area contributed by atoms with Crippen molar-refractivity contribution in [3.63, 3.8) is 0 Å². The van der Waals surface area contributed by atoms with E-state index in [0.717, 1.165) is 18.4 Å². The maximum absolute atomic E-state index is 11.9. The van der Waals surface area contributed by atoms with Crippen LogP contribution in [0, 0.1) is 0 Å². The number of esters is 1. The van der Waals surface area contributed by atoms with Crippen molar-refractivity contribution in [2.75, 3.05) is 19.8 Å². The van der Waals surface area contributed by atoms with Crippen LogP contribution in [0.5, 0.6) is 23.0 Å². The minimum Gasteiger partial charge on any atom is -0.490 e. The van der Waals surface area contributed by atoms with E-state index in [1.54, 1.807) is 13.0 Å². The lowest BCUT2D eigenvalue weighted by Crippen LogP contribution is -2.10. The first-order chi connectivity index (χ1) is 11.6. The molecule has 1 aromatic carbocycles. The van der Waals surface area contributed by atoms with E-state index < -0.39 is 5.97 Å². The van der Waals surface area contributed by atoms with Crippen LogP contribution in [-0.4, -0.2) is 25.8 Å². The van der Waals surface area contributed by atoms with Crippen molar-refractivity contribution in [3.8, 4) is 23.0 Å². The maximum atomic E-state index is 11.9. The molecule has 0 N–H and O–H groups in total. The number of benzene rings is 1. The van der Waals surface area contributed by atoms with E-state index in [9.17, 15) is 4.79 Å². The number of hydrogen-bond donors (Lipinski definition) is 0. The van der Waals surface area contributed by atoms with Crippen molar-refractivity contribution in [2.24, 2.45) is 0 Å². The van der Waals surface area contributed by atoms with E-state index >= 15 is 0 Å². The highest BCUT2D eigenvalue weighted by Crippen LogP contribution is 2.47. The molecule has 0 aliphatic heterocycles. The molecule has 5 nitrogen and oxygen atoms in total. The predicted molar refractivity (Wildman–Crippen MR) is 94.4 cm³/mol. The Morgan fingerprint density at radius 3 is 2.12 bits per heavy atom. The van der Waals surface area contributed by atoms with Gasteiger partial charge in [0.05, 0.1) is 19.8 Å². The number of carbonyl (C=O) groups excluding carboxylic acids is 1. The summed E-state index contributed by atoms with van der Waals surface area (Å²) in [5, 5.41) is 0. The first-order valence-electron chi connectivity index (χ1n) is 8.55. The molecular formula is C19H28O5. The van der Waals surface area contributed by atoms with Crippen LogP contribution in [-0.2, 0) is 11.2 Å². The van der Waals surface area contributed by atoms with Gasteiger partial charge < -0.3 is 18.9 Å². The van der Waals surface area contributed by atoms with Gasteiger partial charge in [0, 0.05) is 11.6 Å². The van der Waals surface area contributed by atoms with Gasteiger partial charge in [-0.05, 0) is 40.2 Å². The number of hydrogen-bond acceptors (Lipinski definition) is 5. The molecule has 0 aliphatic rings. The van der Waals surface area contributed by atoms with Gasteiger partial charge in [-0.15, -0.1) is 0 Å². The summed E-state index contributed by atoms with van der Waals surface area (Å²) in [6, 6.07) is 1.87. The largest absolute Gasteiger partial charge is 0.490 e. The molecule has 0 atom stereocenters. The van der Waals surface area contributed by atoms with Gasteiger partial charge in [0.25, 0.3) is 0 Å². The molecule has 0 saturated heterocycles. The van der Waals surface area contributed by atoms with E-state index in [-0.39, 0.29) is 5.75 Å².